The van der Waals surface area contributed by atoms with Crippen molar-refractivity contribution in [2.75, 3.05) is 0 Å². The van der Waals surface area contributed by atoms with Crippen LogP contribution in [0.1, 0.15) is 70.9 Å². The molecule has 1 aliphatic rings. The van der Waals surface area contributed by atoms with Gasteiger partial charge < -0.3 is 10.2 Å². The molecule has 1 saturated carbocycles. The lowest BCUT2D eigenvalue weighted by Gasteiger charge is -2.34. The van der Waals surface area contributed by atoms with Gasteiger partial charge >= 0.3 is 0 Å². The summed E-state index contributed by atoms with van der Waals surface area (Å²) in [4.78, 5) is 33.7. The first-order chi connectivity index (χ1) is 16.5. The van der Waals surface area contributed by atoms with Crippen molar-refractivity contribution in [3.8, 4) is 0 Å². The third kappa shape index (κ3) is 5.71. The summed E-state index contributed by atoms with van der Waals surface area (Å²) in [5.74, 6) is -0.384. The van der Waals surface area contributed by atoms with Gasteiger partial charge in [0.2, 0.25) is 5.91 Å². The minimum absolute atomic E-state index is 0.127. The Morgan fingerprint density at radius 3 is 2.32 bits per heavy atom. The van der Waals surface area contributed by atoms with E-state index >= 15 is 0 Å². The van der Waals surface area contributed by atoms with E-state index in [-0.39, 0.29) is 17.9 Å². The Morgan fingerprint density at radius 2 is 1.65 bits per heavy atom. The Hall–Kier alpha value is -3.47. The van der Waals surface area contributed by atoms with Crippen LogP contribution < -0.4 is 5.32 Å². The molecule has 1 N–H and O–H groups in total. The SMILES string of the molecule is Cc1ccc(CN(C(=O)c2ccccn2)[C@H](C(=O)NC2CCCCC2)c2ccccc2C)cc1. The second-order valence-corrected chi connectivity index (χ2v) is 9.24. The Balaban J connectivity index is 1.75. The van der Waals surface area contributed by atoms with Crippen LogP contribution in [0.2, 0.25) is 0 Å². The number of carbonyl (C=O) groups excluding carboxylic acids is 2. The number of aromatic nitrogens is 1. The van der Waals surface area contributed by atoms with Gasteiger partial charge in [0, 0.05) is 18.8 Å². The van der Waals surface area contributed by atoms with Crippen LogP contribution in [0.3, 0.4) is 0 Å². The normalized spacial score (nSPS) is 14.9. The summed E-state index contributed by atoms with van der Waals surface area (Å²) in [7, 11) is 0. The van der Waals surface area contributed by atoms with Gasteiger partial charge in [0.05, 0.1) is 0 Å². The smallest absolute Gasteiger partial charge is 0.273 e. The maximum Gasteiger partial charge on any atom is 0.273 e. The molecule has 0 saturated heterocycles. The molecule has 0 unspecified atom stereocenters. The van der Waals surface area contributed by atoms with E-state index in [0.717, 1.165) is 47.9 Å². The molecule has 5 heteroatoms. The van der Waals surface area contributed by atoms with Gasteiger partial charge in [0.25, 0.3) is 5.91 Å². The summed E-state index contributed by atoms with van der Waals surface area (Å²) in [6.07, 6.45) is 7.05. The van der Waals surface area contributed by atoms with E-state index in [9.17, 15) is 9.59 Å². The van der Waals surface area contributed by atoms with Gasteiger partial charge in [0.1, 0.15) is 11.7 Å². The largest absolute Gasteiger partial charge is 0.351 e. The van der Waals surface area contributed by atoms with Gasteiger partial charge in [-0.25, -0.2) is 0 Å². The Morgan fingerprint density at radius 1 is 0.941 bits per heavy atom. The van der Waals surface area contributed by atoms with Crippen molar-refractivity contribution in [2.24, 2.45) is 0 Å². The van der Waals surface area contributed by atoms with Crippen LogP contribution >= 0.6 is 0 Å². The second-order valence-electron chi connectivity index (χ2n) is 9.24. The summed E-state index contributed by atoms with van der Waals surface area (Å²) < 4.78 is 0. The topological polar surface area (TPSA) is 62.3 Å². The molecule has 1 aliphatic carbocycles. The third-order valence-electron chi connectivity index (χ3n) is 6.61. The van der Waals surface area contributed by atoms with E-state index in [0.29, 0.717) is 12.2 Å². The molecule has 1 atom stereocenters. The van der Waals surface area contributed by atoms with Crippen LogP contribution in [-0.4, -0.2) is 27.7 Å². The highest BCUT2D eigenvalue weighted by molar-refractivity contribution is 5.96. The van der Waals surface area contributed by atoms with Gasteiger partial charge in [-0.2, -0.15) is 0 Å². The minimum atomic E-state index is -0.751. The monoisotopic (exact) mass is 455 g/mol. The summed E-state index contributed by atoms with van der Waals surface area (Å²) in [5, 5.41) is 3.27. The molecule has 5 nitrogen and oxygen atoms in total. The predicted molar refractivity (Wildman–Crippen MR) is 134 cm³/mol. The molecule has 2 amide bonds. The first-order valence-electron chi connectivity index (χ1n) is 12.2. The number of nitrogens with zero attached hydrogens (tertiary/aromatic N) is 2. The van der Waals surface area contributed by atoms with Crippen molar-refractivity contribution < 1.29 is 9.59 Å². The molecule has 1 heterocycles. The number of nitrogens with one attached hydrogen (secondary N) is 1. The number of rotatable bonds is 7. The Kier molecular flexibility index (Phi) is 7.73. The lowest BCUT2D eigenvalue weighted by atomic mass is 9.93. The molecule has 4 rings (SSSR count). The number of carbonyl (C=O) groups is 2. The van der Waals surface area contributed by atoms with Crippen LogP contribution in [-0.2, 0) is 11.3 Å². The molecule has 1 fully saturated rings. The van der Waals surface area contributed by atoms with Crippen LogP contribution in [0.5, 0.6) is 0 Å². The number of benzene rings is 2. The Labute approximate surface area is 202 Å². The second kappa shape index (κ2) is 11.1. The van der Waals surface area contributed by atoms with Crippen LogP contribution in [0.4, 0.5) is 0 Å². The molecule has 3 aromatic rings. The number of amides is 2. The quantitative estimate of drug-likeness (QED) is 0.509. The highest BCUT2D eigenvalue weighted by Gasteiger charge is 2.34. The fourth-order valence-electron chi connectivity index (χ4n) is 4.68. The van der Waals surface area contributed by atoms with Gasteiger partial charge in [-0.1, -0.05) is 79.4 Å². The van der Waals surface area contributed by atoms with Gasteiger partial charge in [-0.05, 0) is 55.5 Å². The van der Waals surface area contributed by atoms with Crippen LogP contribution in [0.25, 0.3) is 0 Å². The minimum Gasteiger partial charge on any atom is -0.351 e. The fourth-order valence-corrected chi connectivity index (χ4v) is 4.68. The number of hydrogen-bond acceptors (Lipinski definition) is 3. The van der Waals surface area contributed by atoms with E-state index in [1.807, 2.05) is 62.4 Å². The number of aryl methyl sites for hydroxylation is 2. The highest BCUT2D eigenvalue weighted by Crippen LogP contribution is 2.29. The fraction of sp³-hybridized carbons (Fsp3) is 0.345. The van der Waals surface area contributed by atoms with Crippen LogP contribution in [0.15, 0.2) is 72.9 Å². The van der Waals surface area contributed by atoms with Crippen molar-refractivity contribution in [2.45, 2.75) is 64.6 Å². The number of pyridine rings is 1. The zero-order valence-corrected chi connectivity index (χ0v) is 20.0. The zero-order chi connectivity index (χ0) is 23.9. The zero-order valence-electron chi connectivity index (χ0n) is 20.0. The van der Waals surface area contributed by atoms with Crippen molar-refractivity contribution in [1.82, 2.24) is 15.2 Å². The first-order valence-corrected chi connectivity index (χ1v) is 12.2. The first kappa shape index (κ1) is 23.7. The maximum atomic E-state index is 13.9. The van der Waals surface area contributed by atoms with Crippen molar-refractivity contribution in [3.05, 3.63) is 101 Å². The van der Waals surface area contributed by atoms with Crippen LogP contribution in [0, 0.1) is 13.8 Å². The molecule has 0 radical (unpaired) electrons. The summed E-state index contributed by atoms with van der Waals surface area (Å²) in [6, 6.07) is 20.6. The standard InChI is InChI=1S/C29H33N3O2/c1-21-15-17-23(18-16-21)20-32(29(34)26-14-8-9-19-30-26)27(25-13-7-6-10-22(25)2)28(33)31-24-11-4-3-5-12-24/h6-10,13-19,24,27H,3-5,11-12,20H2,1-2H3,(H,31,33)/t27-/m0/s1. The summed E-state index contributed by atoms with van der Waals surface area (Å²) in [6.45, 7) is 4.34. The summed E-state index contributed by atoms with van der Waals surface area (Å²) in [5.41, 5.74) is 4.27. The van der Waals surface area contributed by atoms with Crippen molar-refractivity contribution in [1.29, 1.82) is 0 Å². The number of hydrogen-bond donors (Lipinski definition) is 1. The van der Waals surface area contributed by atoms with E-state index in [1.54, 1.807) is 29.3 Å². The highest BCUT2D eigenvalue weighted by atomic mass is 16.2. The predicted octanol–water partition coefficient (Wildman–Crippen LogP) is 5.53. The Bertz CT molecular complexity index is 1110. The lowest BCUT2D eigenvalue weighted by Crippen LogP contribution is -2.47. The lowest BCUT2D eigenvalue weighted by molar-refractivity contribution is -0.127. The third-order valence-corrected chi connectivity index (χ3v) is 6.61. The van der Waals surface area contributed by atoms with E-state index < -0.39 is 6.04 Å². The molecule has 0 aliphatic heterocycles. The van der Waals surface area contributed by atoms with Gasteiger partial charge in [-0.15, -0.1) is 0 Å². The van der Waals surface area contributed by atoms with Crippen molar-refractivity contribution >= 4 is 11.8 Å². The average Bonchev–Trinajstić information content (AvgIpc) is 2.86. The van der Waals surface area contributed by atoms with Gasteiger partial charge in [-0.3, -0.25) is 14.6 Å². The molecule has 0 spiro atoms. The molecular formula is C29H33N3O2. The summed E-state index contributed by atoms with van der Waals surface area (Å²) >= 11 is 0. The van der Waals surface area contributed by atoms with E-state index in [2.05, 4.69) is 10.3 Å². The molecule has 176 valence electrons. The van der Waals surface area contributed by atoms with E-state index in [1.165, 1.54) is 6.42 Å². The average molecular weight is 456 g/mol. The van der Waals surface area contributed by atoms with E-state index in [4.69, 9.17) is 0 Å². The molecule has 0 bridgehead atoms. The molecular weight excluding hydrogens is 422 g/mol. The van der Waals surface area contributed by atoms with Crippen molar-refractivity contribution in [3.63, 3.8) is 0 Å². The van der Waals surface area contributed by atoms with Gasteiger partial charge in [0.15, 0.2) is 0 Å². The molecule has 34 heavy (non-hydrogen) atoms. The maximum absolute atomic E-state index is 13.9. The molecule has 2 aromatic carbocycles. The molecule has 1 aromatic heterocycles.